The molecule has 2 aromatic carbocycles. The molecule has 0 bridgehead atoms. The largest absolute Gasteiger partial charge is 0.349 e. The summed E-state index contributed by atoms with van der Waals surface area (Å²) < 4.78 is 4.52. The Morgan fingerprint density at radius 3 is 2.68 bits per heavy atom. The maximum absolute atomic E-state index is 12.8. The number of thioether (sulfide) groups is 1. The van der Waals surface area contributed by atoms with Crippen LogP contribution >= 0.6 is 35.0 Å². The highest BCUT2D eigenvalue weighted by molar-refractivity contribution is 8.02. The summed E-state index contributed by atoms with van der Waals surface area (Å²) in [6.45, 7) is 4.92. The number of H-pyrrole nitrogens is 1. The van der Waals surface area contributed by atoms with Crippen molar-refractivity contribution in [3.05, 3.63) is 83.4 Å². The Morgan fingerprint density at radius 1 is 1.06 bits per heavy atom. The summed E-state index contributed by atoms with van der Waals surface area (Å²) >= 11 is 5.11. The van der Waals surface area contributed by atoms with E-state index in [9.17, 15) is 4.79 Å². The summed E-state index contributed by atoms with van der Waals surface area (Å²) in [5.41, 5.74) is 3.78. The topological polar surface area (TPSA) is 56.9 Å². The minimum atomic E-state index is -0.0820. The van der Waals surface area contributed by atoms with Crippen LogP contribution < -0.4 is 10.0 Å². The first-order chi connectivity index (χ1) is 15.0. The number of carbonyl (C=O) groups is 1. The van der Waals surface area contributed by atoms with Crippen molar-refractivity contribution < 1.29 is 4.79 Å². The third-order valence-corrected chi connectivity index (χ3v) is 8.07. The number of amides is 1. The van der Waals surface area contributed by atoms with Gasteiger partial charge in [-0.15, -0.1) is 23.1 Å². The van der Waals surface area contributed by atoms with E-state index in [0.29, 0.717) is 12.2 Å². The molecule has 4 aromatic rings. The Bertz CT molecular complexity index is 1140. The van der Waals surface area contributed by atoms with Gasteiger partial charge < -0.3 is 15.0 Å². The third-order valence-electron chi connectivity index (χ3n) is 4.80. The fraction of sp³-hybridized carbons (Fsp3) is 0.208. The molecule has 4 rings (SSSR count). The van der Waals surface area contributed by atoms with Crippen LogP contribution in [0.25, 0.3) is 10.9 Å². The molecular weight excluding hydrogens is 442 g/mol. The minimum absolute atomic E-state index is 0.0679. The normalized spacial score (nSPS) is 11.5. The number of para-hydroxylation sites is 1. The number of carbonyl (C=O) groups excluding carboxylic acids is 1. The van der Waals surface area contributed by atoms with E-state index in [4.69, 9.17) is 0 Å². The molecule has 0 aliphatic heterocycles. The summed E-state index contributed by atoms with van der Waals surface area (Å²) in [7, 11) is 0. The molecule has 1 amide bonds. The monoisotopic (exact) mass is 467 g/mol. The number of anilines is 1. The van der Waals surface area contributed by atoms with E-state index < -0.39 is 0 Å². The Morgan fingerprint density at radius 2 is 1.90 bits per heavy atom. The smallest absolute Gasteiger partial charge is 0.267 e. The zero-order valence-corrected chi connectivity index (χ0v) is 19.9. The second-order valence-electron chi connectivity index (χ2n) is 7.81. The predicted octanol–water partition coefficient (Wildman–Crippen LogP) is 6.79. The number of nitrogens with one attached hydrogen (secondary N) is 3. The Balaban J connectivity index is 1.37. The molecule has 2 aromatic heterocycles. The van der Waals surface area contributed by atoms with Gasteiger partial charge in [0.25, 0.3) is 5.91 Å². The molecule has 0 radical (unpaired) electrons. The van der Waals surface area contributed by atoms with E-state index in [1.165, 1.54) is 9.77 Å². The summed E-state index contributed by atoms with van der Waals surface area (Å²) in [6.07, 6.45) is 0. The van der Waals surface area contributed by atoms with Crippen LogP contribution in [-0.4, -0.2) is 22.2 Å². The Labute approximate surface area is 195 Å². The van der Waals surface area contributed by atoms with Crippen LogP contribution in [-0.2, 0) is 5.75 Å². The van der Waals surface area contributed by atoms with Crippen LogP contribution in [0.2, 0.25) is 0 Å². The zero-order valence-electron chi connectivity index (χ0n) is 17.5. The lowest BCUT2D eigenvalue weighted by Crippen LogP contribution is -2.36. The van der Waals surface area contributed by atoms with Gasteiger partial charge in [-0.25, -0.2) is 0 Å². The SMILES string of the molecule is CC(C)(CNC(=O)c1cc2cccc(NSc3cccs3)c2[nH]1)SCc1ccccc1. The van der Waals surface area contributed by atoms with Crippen molar-refractivity contribution in [2.75, 3.05) is 11.3 Å². The number of fused-ring (bicyclic) bond motifs is 1. The van der Waals surface area contributed by atoms with Gasteiger partial charge in [-0.1, -0.05) is 48.5 Å². The predicted molar refractivity (Wildman–Crippen MR) is 136 cm³/mol. The molecule has 0 fully saturated rings. The average molecular weight is 468 g/mol. The number of benzene rings is 2. The number of thiophene rings is 1. The van der Waals surface area contributed by atoms with Crippen molar-refractivity contribution in [1.29, 1.82) is 0 Å². The van der Waals surface area contributed by atoms with Crippen molar-refractivity contribution in [1.82, 2.24) is 10.3 Å². The lowest BCUT2D eigenvalue weighted by atomic mass is 10.2. The number of hydrogen-bond acceptors (Lipinski definition) is 5. The van der Waals surface area contributed by atoms with E-state index in [1.54, 1.807) is 23.3 Å². The van der Waals surface area contributed by atoms with E-state index in [1.807, 2.05) is 48.2 Å². The van der Waals surface area contributed by atoms with E-state index in [0.717, 1.165) is 22.3 Å². The van der Waals surface area contributed by atoms with Crippen molar-refractivity contribution in [2.24, 2.45) is 0 Å². The van der Waals surface area contributed by atoms with Crippen LogP contribution in [0, 0.1) is 0 Å². The standard InChI is InChI=1S/C24H25N3OS3/c1-24(2,30-15-17-8-4-3-5-9-17)16-25-23(28)20-14-18-10-6-11-19(22(18)26-20)27-31-21-12-7-13-29-21/h3-14,26-27H,15-16H2,1-2H3,(H,25,28). The van der Waals surface area contributed by atoms with E-state index in [2.05, 4.69) is 64.6 Å². The first-order valence-corrected chi connectivity index (χ1v) is 12.7. The third kappa shape index (κ3) is 5.87. The molecule has 0 aliphatic rings. The van der Waals surface area contributed by atoms with Gasteiger partial charge in [0.15, 0.2) is 0 Å². The maximum atomic E-state index is 12.8. The lowest BCUT2D eigenvalue weighted by molar-refractivity contribution is 0.0946. The van der Waals surface area contributed by atoms with Gasteiger partial charge in [0, 0.05) is 22.4 Å². The number of rotatable bonds is 9. The molecule has 31 heavy (non-hydrogen) atoms. The zero-order chi connectivity index (χ0) is 21.7. The second kappa shape index (κ2) is 9.85. The fourth-order valence-corrected chi connectivity index (χ4v) is 5.47. The first-order valence-electron chi connectivity index (χ1n) is 10.0. The highest BCUT2D eigenvalue weighted by Crippen LogP contribution is 2.30. The van der Waals surface area contributed by atoms with Gasteiger partial charge in [0.05, 0.1) is 15.4 Å². The van der Waals surface area contributed by atoms with Crippen LogP contribution in [0.4, 0.5) is 5.69 Å². The summed E-state index contributed by atoms with van der Waals surface area (Å²) in [6, 6.07) is 22.5. The van der Waals surface area contributed by atoms with Gasteiger partial charge in [-0.05, 0) is 54.9 Å². The molecule has 0 saturated heterocycles. The Kier molecular flexibility index (Phi) is 6.95. The van der Waals surface area contributed by atoms with Crippen molar-refractivity contribution >= 4 is 57.5 Å². The maximum Gasteiger partial charge on any atom is 0.267 e. The van der Waals surface area contributed by atoms with Crippen molar-refractivity contribution in [2.45, 2.75) is 28.6 Å². The molecule has 0 spiro atoms. The van der Waals surface area contributed by atoms with Crippen molar-refractivity contribution in [3.8, 4) is 0 Å². The average Bonchev–Trinajstić information content (AvgIpc) is 3.45. The second-order valence-corrected chi connectivity index (χ2v) is 11.5. The highest BCUT2D eigenvalue weighted by atomic mass is 32.2. The molecule has 0 unspecified atom stereocenters. The van der Waals surface area contributed by atoms with Crippen LogP contribution in [0.1, 0.15) is 29.9 Å². The quantitative estimate of drug-likeness (QED) is 0.237. The Hall–Kier alpha value is -2.35. The summed E-state index contributed by atoms with van der Waals surface area (Å²) in [4.78, 5) is 16.1. The van der Waals surface area contributed by atoms with E-state index >= 15 is 0 Å². The molecular formula is C24H25N3OS3. The van der Waals surface area contributed by atoms with Crippen molar-refractivity contribution in [3.63, 3.8) is 0 Å². The number of aromatic amines is 1. The molecule has 3 N–H and O–H groups in total. The fourth-order valence-electron chi connectivity index (χ4n) is 3.08. The summed E-state index contributed by atoms with van der Waals surface area (Å²) in [5.74, 6) is 0.842. The molecule has 0 atom stereocenters. The van der Waals surface area contributed by atoms with Gasteiger partial charge >= 0.3 is 0 Å². The van der Waals surface area contributed by atoms with Gasteiger partial charge in [0.1, 0.15) is 5.69 Å². The molecule has 0 aliphatic carbocycles. The van der Waals surface area contributed by atoms with Gasteiger partial charge in [-0.2, -0.15) is 0 Å². The van der Waals surface area contributed by atoms with E-state index in [-0.39, 0.29) is 10.7 Å². The lowest BCUT2D eigenvalue weighted by Gasteiger charge is -2.24. The first kappa shape index (κ1) is 21.9. The highest BCUT2D eigenvalue weighted by Gasteiger charge is 2.21. The van der Waals surface area contributed by atoms with Crippen LogP contribution in [0.5, 0.6) is 0 Å². The molecule has 2 heterocycles. The van der Waals surface area contributed by atoms with Crippen LogP contribution in [0.15, 0.2) is 76.3 Å². The molecule has 4 nitrogen and oxygen atoms in total. The number of aromatic nitrogens is 1. The summed E-state index contributed by atoms with van der Waals surface area (Å²) in [5, 5.41) is 6.17. The molecule has 160 valence electrons. The number of hydrogen-bond donors (Lipinski definition) is 3. The molecule has 7 heteroatoms. The van der Waals surface area contributed by atoms with Crippen LogP contribution in [0.3, 0.4) is 0 Å². The molecule has 0 saturated carbocycles. The van der Waals surface area contributed by atoms with Gasteiger partial charge in [0.2, 0.25) is 0 Å². The minimum Gasteiger partial charge on any atom is -0.349 e. The van der Waals surface area contributed by atoms with Gasteiger partial charge in [-0.3, -0.25) is 4.79 Å².